The highest BCUT2D eigenvalue weighted by atomic mass is 35.5. The van der Waals surface area contributed by atoms with E-state index in [-0.39, 0.29) is 0 Å². The highest BCUT2D eigenvalue weighted by Gasteiger charge is 2.36. The molecule has 0 fully saturated rings. The molecule has 0 aliphatic heterocycles. The number of carbonyl (C=O) groups excluding carboxylic acids is 3. The Morgan fingerprint density at radius 3 is 1.61 bits per heavy atom. The molecule has 0 radical (unpaired) electrons. The van der Waals surface area contributed by atoms with Crippen molar-refractivity contribution in [1.29, 1.82) is 0 Å². The molecule has 0 saturated heterocycles. The first-order chi connectivity index (χ1) is 7.83. The summed E-state index contributed by atoms with van der Waals surface area (Å²) in [6.07, 6.45) is 0. The van der Waals surface area contributed by atoms with Gasteiger partial charge in [0.2, 0.25) is 5.38 Å². The van der Waals surface area contributed by atoms with E-state index in [0.29, 0.717) is 0 Å². The van der Waals surface area contributed by atoms with Crippen LogP contribution < -0.4 is 0 Å². The summed E-state index contributed by atoms with van der Waals surface area (Å²) in [5.74, 6) is -3.23. The third-order valence-electron chi connectivity index (χ3n) is 1.44. The molecule has 0 aromatic rings. The molecule has 0 amide bonds. The molecule has 0 bridgehead atoms. The molecule has 0 aromatic heterocycles. The number of ketones is 1. The highest BCUT2D eigenvalue weighted by Crippen LogP contribution is 2.14. The number of hydrogen-bond donors (Lipinski definition) is 0. The van der Waals surface area contributed by atoms with Crippen molar-refractivity contribution in [3.63, 3.8) is 0 Å². The van der Waals surface area contributed by atoms with Gasteiger partial charge in [-0.3, -0.25) is 4.79 Å². The molecule has 5 nitrogen and oxygen atoms in total. The fourth-order valence-corrected chi connectivity index (χ4v) is 1.03. The molecule has 1 atom stereocenters. The van der Waals surface area contributed by atoms with E-state index in [4.69, 9.17) is 21.1 Å². The Morgan fingerprint density at radius 2 is 1.28 bits per heavy atom. The van der Waals surface area contributed by atoms with Gasteiger partial charge in [-0.15, -0.1) is 11.6 Å². The summed E-state index contributed by atoms with van der Waals surface area (Å²) >= 11 is 5.59. The van der Waals surface area contributed by atoms with Crippen molar-refractivity contribution in [2.24, 2.45) is 0 Å². The van der Waals surface area contributed by atoms with Crippen molar-refractivity contribution in [2.75, 3.05) is 0 Å². The number of carbonyl (C=O) groups is 3. The number of alkyl halides is 1. The molecular formula is C12H19ClO5. The van der Waals surface area contributed by atoms with Gasteiger partial charge in [0, 0.05) is 0 Å². The van der Waals surface area contributed by atoms with Gasteiger partial charge in [0.1, 0.15) is 11.2 Å². The van der Waals surface area contributed by atoms with Gasteiger partial charge in [-0.2, -0.15) is 0 Å². The summed E-state index contributed by atoms with van der Waals surface area (Å²) in [6.45, 7) is 9.71. The van der Waals surface area contributed by atoms with Crippen LogP contribution in [-0.4, -0.2) is 34.3 Å². The third kappa shape index (κ3) is 6.59. The van der Waals surface area contributed by atoms with Crippen LogP contribution in [0, 0.1) is 0 Å². The largest absolute Gasteiger partial charge is 0.459 e. The van der Waals surface area contributed by atoms with Gasteiger partial charge in [0.05, 0.1) is 0 Å². The van der Waals surface area contributed by atoms with Gasteiger partial charge in [-0.1, -0.05) is 0 Å². The fourth-order valence-electron chi connectivity index (χ4n) is 0.892. The Labute approximate surface area is 112 Å². The van der Waals surface area contributed by atoms with E-state index in [0.717, 1.165) is 0 Å². The average Bonchev–Trinajstić information content (AvgIpc) is 2.09. The second kappa shape index (κ2) is 5.69. The normalized spacial score (nSPS) is 13.7. The van der Waals surface area contributed by atoms with Crippen molar-refractivity contribution in [3.05, 3.63) is 0 Å². The molecule has 0 spiro atoms. The zero-order valence-corrected chi connectivity index (χ0v) is 12.3. The quantitative estimate of drug-likeness (QED) is 0.341. The number of rotatable bonds is 3. The molecule has 0 saturated carbocycles. The zero-order valence-electron chi connectivity index (χ0n) is 11.5. The maximum Gasteiger partial charge on any atom is 0.377 e. The SMILES string of the molecule is CC(C)(C)OC(=O)C(=O)C(Cl)C(=O)OC(C)(C)C. The monoisotopic (exact) mass is 278 g/mol. The predicted octanol–water partition coefficient (Wildman–Crippen LogP) is 1.85. The van der Waals surface area contributed by atoms with Crippen molar-refractivity contribution in [2.45, 2.75) is 58.1 Å². The lowest BCUT2D eigenvalue weighted by atomic mass is 10.1. The van der Waals surface area contributed by atoms with E-state index in [2.05, 4.69) is 0 Å². The summed E-state index contributed by atoms with van der Waals surface area (Å²) < 4.78 is 9.72. The first-order valence-corrected chi connectivity index (χ1v) is 5.91. The van der Waals surface area contributed by atoms with Gasteiger partial charge in [-0.25, -0.2) is 9.59 Å². The van der Waals surface area contributed by atoms with Crippen LogP contribution in [0.5, 0.6) is 0 Å². The van der Waals surface area contributed by atoms with Crippen LogP contribution in [0.3, 0.4) is 0 Å². The van der Waals surface area contributed by atoms with E-state index in [1.807, 2.05) is 0 Å². The Bertz CT molecular complexity index is 348. The second-order valence-electron chi connectivity index (χ2n) is 5.76. The maximum absolute atomic E-state index is 11.5. The first kappa shape index (κ1) is 16.9. The smallest absolute Gasteiger partial charge is 0.377 e. The van der Waals surface area contributed by atoms with Crippen molar-refractivity contribution in [3.8, 4) is 0 Å². The summed E-state index contributed by atoms with van der Waals surface area (Å²) in [5, 5.41) is -1.68. The van der Waals surface area contributed by atoms with Crippen molar-refractivity contribution >= 4 is 29.3 Å². The molecule has 0 rings (SSSR count). The van der Waals surface area contributed by atoms with Crippen LogP contribution >= 0.6 is 11.6 Å². The van der Waals surface area contributed by atoms with Gasteiger partial charge >= 0.3 is 11.9 Å². The second-order valence-corrected chi connectivity index (χ2v) is 6.20. The number of hydrogen-bond acceptors (Lipinski definition) is 5. The molecule has 6 heteroatoms. The molecular weight excluding hydrogens is 260 g/mol. The minimum Gasteiger partial charge on any atom is -0.459 e. The molecule has 0 aliphatic carbocycles. The minimum absolute atomic E-state index is 0.779. The number of ether oxygens (including phenoxy) is 2. The van der Waals surface area contributed by atoms with E-state index in [1.165, 1.54) is 0 Å². The van der Waals surface area contributed by atoms with Crippen LogP contribution in [0.2, 0.25) is 0 Å². The molecule has 18 heavy (non-hydrogen) atoms. The Balaban J connectivity index is 4.61. The minimum atomic E-state index is -1.68. The van der Waals surface area contributed by atoms with E-state index >= 15 is 0 Å². The lowest BCUT2D eigenvalue weighted by molar-refractivity contribution is -0.166. The number of esters is 2. The molecule has 0 N–H and O–H groups in total. The van der Waals surface area contributed by atoms with Crippen LogP contribution in [-0.2, 0) is 23.9 Å². The highest BCUT2D eigenvalue weighted by molar-refractivity contribution is 6.54. The molecule has 1 unspecified atom stereocenters. The van der Waals surface area contributed by atoms with Crippen LogP contribution in [0.1, 0.15) is 41.5 Å². The summed E-state index contributed by atoms with van der Waals surface area (Å²) in [6, 6.07) is 0. The van der Waals surface area contributed by atoms with Crippen molar-refractivity contribution in [1.82, 2.24) is 0 Å². The van der Waals surface area contributed by atoms with Crippen molar-refractivity contribution < 1.29 is 23.9 Å². The lowest BCUT2D eigenvalue weighted by Gasteiger charge is -2.22. The zero-order chi connectivity index (χ0) is 14.7. The van der Waals surface area contributed by atoms with Gasteiger partial charge < -0.3 is 9.47 Å². The maximum atomic E-state index is 11.5. The Kier molecular flexibility index (Phi) is 5.35. The number of halogens is 1. The third-order valence-corrected chi connectivity index (χ3v) is 1.82. The summed E-state index contributed by atoms with van der Waals surface area (Å²) in [4.78, 5) is 34.4. The van der Waals surface area contributed by atoms with Crippen LogP contribution in [0.4, 0.5) is 0 Å². The Morgan fingerprint density at radius 1 is 0.889 bits per heavy atom. The Hall–Kier alpha value is -1.10. The topological polar surface area (TPSA) is 69.7 Å². The van der Waals surface area contributed by atoms with E-state index in [1.54, 1.807) is 41.5 Å². The van der Waals surface area contributed by atoms with Crippen LogP contribution in [0.25, 0.3) is 0 Å². The molecule has 0 aromatic carbocycles. The van der Waals surface area contributed by atoms with Crippen LogP contribution in [0.15, 0.2) is 0 Å². The standard InChI is InChI=1S/C12H19ClO5/c1-11(2,3)17-9(15)7(13)8(14)10(16)18-12(4,5)6/h7H,1-6H3. The fraction of sp³-hybridized carbons (Fsp3) is 0.750. The predicted molar refractivity (Wildman–Crippen MR) is 66.3 cm³/mol. The van der Waals surface area contributed by atoms with Gasteiger partial charge in [-0.05, 0) is 41.5 Å². The first-order valence-electron chi connectivity index (χ1n) is 5.47. The van der Waals surface area contributed by atoms with E-state index < -0.39 is 34.3 Å². The van der Waals surface area contributed by atoms with E-state index in [9.17, 15) is 14.4 Å². The van der Waals surface area contributed by atoms with Gasteiger partial charge in [0.25, 0.3) is 5.78 Å². The molecule has 0 aliphatic rings. The number of Topliss-reactive ketones (excluding diaryl/α,β-unsaturated/α-hetero) is 1. The molecule has 0 heterocycles. The lowest BCUT2D eigenvalue weighted by Crippen LogP contribution is -2.39. The van der Waals surface area contributed by atoms with Gasteiger partial charge in [0.15, 0.2) is 0 Å². The average molecular weight is 279 g/mol. The summed E-state index contributed by atoms with van der Waals surface area (Å²) in [5.41, 5.74) is -1.60. The molecule has 104 valence electrons. The summed E-state index contributed by atoms with van der Waals surface area (Å²) in [7, 11) is 0.